The predicted octanol–water partition coefficient (Wildman–Crippen LogP) is 6.08. The first-order valence-corrected chi connectivity index (χ1v) is 12.5. The van der Waals surface area contributed by atoms with Gasteiger partial charge in [0.15, 0.2) is 0 Å². The molecule has 5 nitrogen and oxygen atoms in total. The van der Waals surface area contributed by atoms with Crippen molar-refractivity contribution in [3.8, 4) is 11.1 Å². The van der Waals surface area contributed by atoms with E-state index in [2.05, 4.69) is 5.32 Å². The molecule has 3 aromatic carbocycles. The van der Waals surface area contributed by atoms with E-state index < -0.39 is 27.6 Å². The third kappa shape index (κ3) is 4.57. The van der Waals surface area contributed by atoms with E-state index in [0.29, 0.717) is 16.8 Å². The number of carbonyl (C=O) groups excluding carboxylic acids is 1. The topological polar surface area (TPSA) is 66.5 Å². The summed E-state index contributed by atoms with van der Waals surface area (Å²) >= 11 is 0.917. The number of thiophene rings is 1. The van der Waals surface area contributed by atoms with Crippen LogP contribution in [0.25, 0.3) is 11.1 Å². The molecule has 0 radical (unpaired) electrons. The molecule has 0 saturated heterocycles. The average molecular weight is 499 g/mol. The van der Waals surface area contributed by atoms with Crippen LogP contribution < -0.4 is 9.62 Å². The van der Waals surface area contributed by atoms with Gasteiger partial charge < -0.3 is 5.32 Å². The van der Waals surface area contributed by atoms with Gasteiger partial charge in [-0.3, -0.25) is 9.10 Å². The highest BCUT2D eigenvalue weighted by Crippen LogP contribution is 2.38. The summed E-state index contributed by atoms with van der Waals surface area (Å²) in [6, 6.07) is 18.1. The summed E-state index contributed by atoms with van der Waals surface area (Å²) in [7, 11) is -2.85. The number of para-hydroxylation sites is 1. The Morgan fingerprint density at radius 1 is 0.971 bits per heavy atom. The number of sulfonamides is 1. The Balaban J connectivity index is 1.84. The summed E-state index contributed by atoms with van der Waals surface area (Å²) < 4.78 is 56.5. The SMILES string of the molecule is Cc1ccc(NC(=O)c2scc(-c3cccc(F)c3)c2S(=O)(=O)N(C)c2ccccc2)cc1F. The molecule has 0 bridgehead atoms. The number of hydrogen-bond donors (Lipinski definition) is 1. The molecular weight excluding hydrogens is 478 g/mol. The second-order valence-corrected chi connectivity index (χ2v) is 10.3. The minimum absolute atomic E-state index is 0.0944. The molecule has 1 N–H and O–H groups in total. The number of carbonyl (C=O) groups is 1. The van der Waals surface area contributed by atoms with Crippen molar-refractivity contribution in [1.82, 2.24) is 0 Å². The number of nitrogens with zero attached hydrogens (tertiary/aromatic N) is 1. The molecule has 9 heteroatoms. The van der Waals surface area contributed by atoms with Gasteiger partial charge in [0.1, 0.15) is 21.4 Å². The minimum atomic E-state index is -4.24. The van der Waals surface area contributed by atoms with E-state index in [1.165, 1.54) is 48.8 Å². The van der Waals surface area contributed by atoms with Crippen molar-refractivity contribution in [2.45, 2.75) is 11.8 Å². The van der Waals surface area contributed by atoms with Crippen LogP contribution in [0.5, 0.6) is 0 Å². The molecular formula is C25H20F2N2O3S2. The molecule has 4 aromatic rings. The Kier molecular flexibility index (Phi) is 6.49. The van der Waals surface area contributed by atoms with E-state index in [0.717, 1.165) is 15.6 Å². The number of nitrogens with one attached hydrogen (secondary N) is 1. The Labute approximate surface area is 200 Å². The number of aryl methyl sites for hydroxylation is 1. The van der Waals surface area contributed by atoms with Crippen LogP contribution in [0.1, 0.15) is 15.2 Å². The summed E-state index contributed by atoms with van der Waals surface area (Å²) in [4.78, 5) is 12.8. The van der Waals surface area contributed by atoms with Gasteiger partial charge in [-0.05, 0) is 54.4 Å². The zero-order valence-electron chi connectivity index (χ0n) is 18.2. The molecule has 0 saturated carbocycles. The van der Waals surface area contributed by atoms with Crippen LogP contribution in [0, 0.1) is 18.6 Å². The zero-order chi connectivity index (χ0) is 24.5. The summed E-state index contributed by atoms with van der Waals surface area (Å²) in [6.07, 6.45) is 0. The summed E-state index contributed by atoms with van der Waals surface area (Å²) in [5.41, 5.74) is 1.51. The van der Waals surface area contributed by atoms with Gasteiger partial charge in [0.2, 0.25) is 0 Å². The predicted molar refractivity (Wildman–Crippen MR) is 131 cm³/mol. The first-order valence-electron chi connectivity index (χ1n) is 10.2. The molecule has 1 aromatic heterocycles. The van der Waals surface area contributed by atoms with Crippen LogP contribution in [-0.2, 0) is 10.0 Å². The largest absolute Gasteiger partial charge is 0.321 e. The number of amides is 1. The standard InChI is InChI=1S/C25H20F2N2O3S2/c1-16-11-12-19(14-22(16)27)28-25(30)23-24(21(15-33-23)17-7-6-8-18(26)13-17)34(31,32)29(2)20-9-4-3-5-10-20/h3-15H,1-2H3,(H,28,30). The number of benzene rings is 3. The van der Waals surface area contributed by atoms with Gasteiger partial charge in [-0.15, -0.1) is 11.3 Å². The van der Waals surface area contributed by atoms with Crippen molar-refractivity contribution in [3.63, 3.8) is 0 Å². The quantitative estimate of drug-likeness (QED) is 0.350. The number of halogens is 2. The lowest BCUT2D eigenvalue weighted by molar-refractivity contribution is 0.102. The number of rotatable bonds is 6. The van der Waals surface area contributed by atoms with Crippen molar-refractivity contribution in [3.05, 3.63) is 100 Å². The second kappa shape index (κ2) is 9.36. The molecule has 34 heavy (non-hydrogen) atoms. The molecule has 0 unspecified atom stereocenters. The first-order chi connectivity index (χ1) is 16.2. The van der Waals surface area contributed by atoms with Gasteiger partial charge in [-0.25, -0.2) is 17.2 Å². The summed E-state index contributed by atoms with van der Waals surface area (Å²) in [5, 5.41) is 4.07. The van der Waals surface area contributed by atoms with Gasteiger partial charge >= 0.3 is 0 Å². The van der Waals surface area contributed by atoms with E-state index in [1.54, 1.807) is 43.3 Å². The zero-order valence-corrected chi connectivity index (χ0v) is 19.9. The van der Waals surface area contributed by atoms with Crippen LogP contribution in [0.4, 0.5) is 20.2 Å². The number of anilines is 2. The maximum absolute atomic E-state index is 14.0. The Hall–Kier alpha value is -3.56. The van der Waals surface area contributed by atoms with Crippen LogP contribution in [0.3, 0.4) is 0 Å². The second-order valence-electron chi connectivity index (χ2n) is 7.54. The molecule has 0 aliphatic rings. The van der Waals surface area contributed by atoms with Gasteiger partial charge in [-0.2, -0.15) is 0 Å². The van der Waals surface area contributed by atoms with Crippen LogP contribution in [0.15, 0.2) is 83.1 Å². The fourth-order valence-corrected chi connectivity index (χ4v) is 6.24. The third-order valence-corrected chi connectivity index (χ3v) is 8.24. The highest BCUT2D eigenvalue weighted by atomic mass is 32.2. The molecule has 4 rings (SSSR count). The molecule has 0 spiro atoms. The fourth-order valence-electron chi connectivity index (χ4n) is 3.39. The maximum atomic E-state index is 14.0. The Morgan fingerprint density at radius 2 is 1.71 bits per heavy atom. The van der Waals surface area contributed by atoms with E-state index in [4.69, 9.17) is 0 Å². The van der Waals surface area contributed by atoms with E-state index in [1.807, 2.05) is 0 Å². The molecule has 174 valence electrons. The molecule has 1 amide bonds. The molecule has 0 atom stereocenters. The van der Waals surface area contributed by atoms with Gasteiger partial charge in [0.25, 0.3) is 15.9 Å². The van der Waals surface area contributed by atoms with Crippen LogP contribution in [0.2, 0.25) is 0 Å². The monoisotopic (exact) mass is 498 g/mol. The van der Waals surface area contributed by atoms with Crippen molar-refractivity contribution >= 4 is 38.6 Å². The highest BCUT2D eigenvalue weighted by Gasteiger charge is 2.33. The highest BCUT2D eigenvalue weighted by molar-refractivity contribution is 7.93. The minimum Gasteiger partial charge on any atom is -0.321 e. The van der Waals surface area contributed by atoms with Crippen molar-refractivity contribution < 1.29 is 22.0 Å². The lowest BCUT2D eigenvalue weighted by Gasteiger charge is -2.21. The molecule has 0 aliphatic heterocycles. The van der Waals surface area contributed by atoms with Crippen molar-refractivity contribution in [2.75, 3.05) is 16.7 Å². The third-order valence-electron chi connectivity index (χ3n) is 5.26. The van der Waals surface area contributed by atoms with Gasteiger partial charge in [0, 0.05) is 23.7 Å². The summed E-state index contributed by atoms with van der Waals surface area (Å²) in [5.74, 6) is -1.75. The maximum Gasteiger partial charge on any atom is 0.267 e. The Morgan fingerprint density at radius 3 is 2.38 bits per heavy atom. The fraction of sp³-hybridized carbons (Fsp3) is 0.0800. The van der Waals surface area contributed by atoms with E-state index in [-0.39, 0.29) is 21.0 Å². The van der Waals surface area contributed by atoms with Crippen LogP contribution in [-0.4, -0.2) is 21.4 Å². The van der Waals surface area contributed by atoms with Gasteiger partial charge in [0.05, 0.1) is 5.69 Å². The normalized spacial score (nSPS) is 11.3. The van der Waals surface area contributed by atoms with E-state index in [9.17, 15) is 22.0 Å². The summed E-state index contributed by atoms with van der Waals surface area (Å²) in [6.45, 7) is 1.59. The van der Waals surface area contributed by atoms with E-state index >= 15 is 0 Å². The Bertz CT molecular complexity index is 1470. The lowest BCUT2D eigenvalue weighted by atomic mass is 10.1. The molecule has 0 aliphatic carbocycles. The lowest BCUT2D eigenvalue weighted by Crippen LogP contribution is -2.28. The average Bonchev–Trinajstić information content (AvgIpc) is 3.28. The molecule has 1 heterocycles. The van der Waals surface area contributed by atoms with Crippen molar-refractivity contribution in [1.29, 1.82) is 0 Å². The van der Waals surface area contributed by atoms with Crippen LogP contribution >= 0.6 is 11.3 Å². The smallest absolute Gasteiger partial charge is 0.267 e. The van der Waals surface area contributed by atoms with Crippen molar-refractivity contribution in [2.24, 2.45) is 0 Å². The first kappa shape index (κ1) is 23.6. The molecule has 0 fully saturated rings. The number of hydrogen-bond acceptors (Lipinski definition) is 4. The van der Waals surface area contributed by atoms with Gasteiger partial charge in [-0.1, -0.05) is 36.4 Å².